The van der Waals surface area contributed by atoms with Gasteiger partial charge in [0, 0.05) is 5.92 Å². The maximum absolute atomic E-state index is 5.31. The fourth-order valence-electron chi connectivity index (χ4n) is 3.44. The van der Waals surface area contributed by atoms with Crippen LogP contribution in [0.4, 0.5) is 5.69 Å². The monoisotopic (exact) mass is 384 g/mol. The summed E-state index contributed by atoms with van der Waals surface area (Å²) in [6.45, 7) is 0.804. The molecule has 1 aliphatic rings. The van der Waals surface area contributed by atoms with E-state index in [4.69, 9.17) is 14.6 Å². The van der Waals surface area contributed by atoms with Gasteiger partial charge in [0.05, 0.1) is 32.2 Å². The van der Waals surface area contributed by atoms with E-state index >= 15 is 0 Å². The SMILES string of the molecule is COc1ccc(/C=C/C2=NN(c3ccccc3)CC2c2ccc(OC)cc2)cc1. The average molecular weight is 384 g/mol. The third-order valence-electron chi connectivity index (χ3n) is 5.08. The summed E-state index contributed by atoms with van der Waals surface area (Å²) in [5.41, 5.74) is 4.47. The van der Waals surface area contributed by atoms with Crippen LogP contribution < -0.4 is 14.5 Å². The smallest absolute Gasteiger partial charge is 0.118 e. The summed E-state index contributed by atoms with van der Waals surface area (Å²) in [6, 6.07) is 26.5. The third-order valence-corrected chi connectivity index (χ3v) is 5.08. The van der Waals surface area contributed by atoms with Gasteiger partial charge in [-0.25, -0.2) is 0 Å². The Labute approximate surface area is 171 Å². The minimum Gasteiger partial charge on any atom is -0.497 e. The molecule has 0 saturated carbocycles. The standard InChI is InChI=1S/C25H24N2O2/c1-28-22-13-8-19(9-14-22)10-17-25-24(20-11-15-23(29-2)16-12-20)18-27(26-25)21-6-4-3-5-7-21/h3-17,24H,18H2,1-2H3/b17-10+. The van der Waals surface area contributed by atoms with Crippen LogP contribution in [0.15, 0.2) is 90.0 Å². The summed E-state index contributed by atoms with van der Waals surface area (Å²) in [6.07, 6.45) is 4.21. The first kappa shape index (κ1) is 18.8. The van der Waals surface area contributed by atoms with E-state index in [1.807, 2.05) is 54.6 Å². The Morgan fingerprint density at radius 2 is 1.41 bits per heavy atom. The zero-order chi connectivity index (χ0) is 20.1. The van der Waals surface area contributed by atoms with Crippen LogP contribution >= 0.6 is 0 Å². The molecule has 3 aromatic rings. The zero-order valence-electron chi connectivity index (χ0n) is 16.7. The van der Waals surface area contributed by atoms with Gasteiger partial charge >= 0.3 is 0 Å². The van der Waals surface area contributed by atoms with Crippen molar-refractivity contribution in [3.8, 4) is 11.5 Å². The van der Waals surface area contributed by atoms with E-state index in [0.717, 1.165) is 35.0 Å². The molecule has 3 aromatic carbocycles. The Kier molecular flexibility index (Phi) is 5.61. The fourth-order valence-corrected chi connectivity index (χ4v) is 3.44. The van der Waals surface area contributed by atoms with Crippen LogP contribution in [0.2, 0.25) is 0 Å². The molecule has 4 rings (SSSR count). The van der Waals surface area contributed by atoms with E-state index < -0.39 is 0 Å². The molecule has 0 radical (unpaired) electrons. The van der Waals surface area contributed by atoms with Gasteiger partial charge in [0.1, 0.15) is 11.5 Å². The van der Waals surface area contributed by atoms with Crippen molar-refractivity contribution in [2.24, 2.45) is 5.10 Å². The van der Waals surface area contributed by atoms with Crippen molar-refractivity contribution < 1.29 is 9.47 Å². The minimum absolute atomic E-state index is 0.190. The number of methoxy groups -OCH3 is 2. The Hall–Kier alpha value is -3.53. The summed E-state index contributed by atoms with van der Waals surface area (Å²) >= 11 is 0. The molecule has 4 heteroatoms. The topological polar surface area (TPSA) is 34.1 Å². The number of rotatable bonds is 6. The molecule has 0 saturated heterocycles. The largest absolute Gasteiger partial charge is 0.497 e. The third kappa shape index (κ3) is 4.32. The van der Waals surface area contributed by atoms with Gasteiger partial charge in [-0.1, -0.05) is 48.5 Å². The van der Waals surface area contributed by atoms with Crippen LogP contribution in [0.1, 0.15) is 17.0 Å². The maximum Gasteiger partial charge on any atom is 0.118 e. The molecule has 1 aliphatic heterocycles. The van der Waals surface area contributed by atoms with Crippen LogP contribution in [-0.4, -0.2) is 26.5 Å². The van der Waals surface area contributed by atoms with Crippen molar-refractivity contribution in [2.45, 2.75) is 5.92 Å². The Bertz CT molecular complexity index is 993. The number of anilines is 1. The maximum atomic E-state index is 5.31. The molecule has 29 heavy (non-hydrogen) atoms. The highest BCUT2D eigenvalue weighted by atomic mass is 16.5. The number of hydrogen-bond donors (Lipinski definition) is 0. The van der Waals surface area contributed by atoms with Crippen LogP contribution in [-0.2, 0) is 0 Å². The molecule has 1 atom stereocenters. The van der Waals surface area contributed by atoms with Crippen molar-refractivity contribution in [2.75, 3.05) is 25.8 Å². The van der Waals surface area contributed by atoms with Crippen LogP contribution in [0.25, 0.3) is 6.08 Å². The van der Waals surface area contributed by atoms with E-state index in [9.17, 15) is 0 Å². The first-order chi connectivity index (χ1) is 14.3. The lowest BCUT2D eigenvalue weighted by molar-refractivity contribution is 0.414. The molecular formula is C25H24N2O2. The van der Waals surface area contributed by atoms with Gasteiger partial charge in [-0.15, -0.1) is 0 Å². The lowest BCUT2D eigenvalue weighted by atomic mass is 9.94. The molecule has 0 amide bonds. The molecule has 0 aliphatic carbocycles. The predicted octanol–water partition coefficient (Wildman–Crippen LogP) is 5.38. The van der Waals surface area contributed by atoms with Crippen molar-refractivity contribution in [1.29, 1.82) is 0 Å². The summed E-state index contributed by atoms with van der Waals surface area (Å²) in [5.74, 6) is 1.90. The summed E-state index contributed by atoms with van der Waals surface area (Å²) in [4.78, 5) is 0. The highest BCUT2D eigenvalue weighted by Crippen LogP contribution is 2.31. The van der Waals surface area contributed by atoms with Crippen LogP contribution in [0.5, 0.6) is 11.5 Å². The Morgan fingerprint density at radius 3 is 2.03 bits per heavy atom. The quantitative estimate of drug-likeness (QED) is 0.572. The van der Waals surface area contributed by atoms with Gasteiger partial charge in [0.25, 0.3) is 0 Å². The second-order valence-corrected chi connectivity index (χ2v) is 6.87. The Balaban J connectivity index is 1.63. The van der Waals surface area contributed by atoms with Gasteiger partial charge in [-0.3, -0.25) is 5.01 Å². The molecule has 0 bridgehead atoms. The predicted molar refractivity (Wildman–Crippen MR) is 119 cm³/mol. The molecule has 1 heterocycles. The number of ether oxygens (including phenoxy) is 2. The van der Waals surface area contributed by atoms with Crippen molar-refractivity contribution in [1.82, 2.24) is 0 Å². The van der Waals surface area contributed by atoms with E-state index in [0.29, 0.717) is 0 Å². The highest BCUT2D eigenvalue weighted by Gasteiger charge is 2.27. The molecule has 146 valence electrons. The lowest BCUT2D eigenvalue weighted by Gasteiger charge is -2.16. The van der Waals surface area contributed by atoms with Crippen molar-refractivity contribution in [3.63, 3.8) is 0 Å². The molecule has 4 nitrogen and oxygen atoms in total. The second kappa shape index (κ2) is 8.65. The lowest BCUT2D eigenvalue weighted by Crippen LogP contribution is -2.17. The molecule has 0 fully saturated rings. The highest BCUT2D eigenvalue weighted by molar-refractivity contribution is 6.05. The summed E-state index contributed by atoms with van der Waals surface area (Å²) < 4.78 is 10.5. The van der Waals surface area contributed by atoms with Gasteiger partial charge in [0.15, 0.2) is 0 Å². The first-order valence-electron chi connectivity index (χ1n) is 9.64. The number of allylic oxidation sites excluding steroid dienone is 1. The van der Waals surface area contributed by atoms with Crippen molar-refractivity contribution >= 4 is 17.5 Å². The summed E-state index contributed by atoms with van der Waals surface area (Å²) in [7, 11) is 3.36. The van der Waals surface area contributed by atoms with Gasteiger partial charge in [0.2, 0.25) is 0 Å². The minimum atomic E-state index is 0.190. The molecule has 0 N–H and O–H groups in total. The normalized spacial score (nSPS) is 16.1. The summed E-state index contributed by atoms with van der Waals surface area (Å²) in [5, 5.41) is 6.99. The van der Waals surface area contributed by atoms with Crippen LogP contribution in [0, 0.1) is 0 Å². The molecular weight excluding hydrogens is 360 g/mol. The number of nitrogens with zero attached hydrogens (tertiary/aromatic N) is 2. The number of hydrogen-bond acceptors (Lipinski definition) is 4. The second-order valence-electron chi connectivity index (χ2n) is 6.87. The van der Waals surface area contributed by atoms with Crippen LogP contribution in [0.3, 0.4) is 0 Å². The van der Waals surface area contributed by atoms with Gasteiger partial charge in [-0.05, 0) is 53.6 Å². The fraction of sp³-hybridized carbons (Fsp3) is 0.160. The average Bonchev–Trinajstić information content (AvgIpc) is 3.23. The van der Waals surface area contributed by atoms with E-state index in [2.05, 4.69) is 41.4 Å². The van der Waals surface area contributed by atoms with Gasteiger partial charge < -0.3 is 9.47 Å². The molecule has 1 unspecified atom stereocenters. The van der Waals surface area contributed by atoms with Gasteiger partial charge in [-0.2, -0.15) is 5.10 Å². The molecule has 0 aromatic heterocycles. The number of para-hydroxylation sites is 1. The van der Waals surface area contributed by atoms with E-state index in [1.165, 1.54) is 5.56 Å². The Morgan fingerprint density at radius 1 is 0.793 bits per heavy atom. The van der Waals surface area contributed by atoms with Crippen molar-refractivity contribution in [3.05, 3.63) is 96.1 Å². The van der Waals surface area contributed by atoms with E-state index in [1.54, 1.807) is 14.2 Å². The van der Waals surface area contributed by atoms with E-state index in [-0.39, 0.29) is 5.92 Å². The number of benzene rings is 3. The number of hydrazone groups is 1. The molecule has 0 spiro atoms. The first-order valence-corrected chi connectivity index (χ1v) is 9.64. The zero-order valence-corrected chi connectivity index (χ0v) is 16.7.